The quantitative estimate of drug-likeness (QED) is 0.809. The first-order valence-corrected chi connectivity index (χ1v) is 6.68. The number of anilines is 1. The van der Waals surface area contributed by atoms with Crippen LogP contribution in [-0.2, 0) is 4.74 Å². The molecule has 1 aliphatic heterocycles. The minimum atomic E-state index is -0.198. The highest BCUT2D eigenvalue weighted by atomic mass is 127. The van der Waals surface area contributed by atoms with E-state index in [2.05, 4.69) is 51.3 Å². The Balaban J connectivity index is 2.24. The predicted octanol–water partition coefficient (Wildman–Crippen LogP) is 1.02. The molecule has 1 aromatic heterocycles. The van der Waals surface area contributed by atoms with Crippen molar-refractivity contribution < 1.29 is 4.74 Å². The third-order valence-electron chi connectivity index (χ3n) is 2.69. The molecule has 1 aromatic rings. The summed E-state index contributed by atoms with van der Waals surface area (Å²) in [4.78, 5) is 10.6. The van der Waals surface area contributed by atoms with Gasteiger partial charge in [0.15, 0.2) is 0 Å². The van der Waals surface area contributed by atoms with Gasteiger partial charge in [0.05, 0.1) is 15.3 Å². The van der Waals surface area contributed by atoms with Crippen LogP contribution in [0, 0.1) is 3.57 Å². The van der Waals surface area contributed by atoms with Crippen molar-refractivity contribution in [2.45, 2.75) is 25.6 Å². The number of nitrogens with zero attached hydrogens (tertiary/aromatic N) is 3. The lowest BCUT2D eigenvalue weighted by Gasteiger charge is -2.43. The summed E-state index contributed by atoms with van der Waals surface area (Å²) in [7, 11) is 0. The molecule has 2 N–H and O–H groups in total. The zero-order chi connectivity index (χ0) is 12.5. The van der Waals surface area contributed by atoms with Crippen LogP contribution in [0.3, 0.4) is 0 Å². The fourth-order valence-electron chi connectivity index (χ4n) is 2.12. The van der Waals surface area contributed by atoms with E-state index < -0.39 is 0 Å². The SMILES string of the molecule is CC1(C)CN(c2ncncc2I)CC(CN)O1. The van der Waals surface area contributed by atoms with Crippen LogP contribution in [0.25, 0.3) is 0 Å². The molecule has 0 saturated carbocycles. The molecule has 0 aliphatic carbocycles. The standard InChI is InChI=1S/C11H17IN4O/c1-11(2)6-16(5-8(3-13)17-11)10-9(12)4-14-7-15-10/h4,7-8H,3,5-6,13H2,1-2H3. The second-order valence-electron chi connectivity index (χ2n) is 4.81. The van der Waals surface area contributed by atoms with Crippen molar-refractivity contribution in [3.8, 4) is 0 Å². The number of halogens is 1. The third kappa shape index (κ3) is 3.05. The largest absolute Gasteiger partial charge is 0.367 e. The molecule has 0 spiro atoms. The first-order chi connectivity index (χ1) is 8.02. The minimum Gasteiger partial charge on any atom is -0.367 e. The van der Waals surface area contributed by atoms with E-state index in [4.69, 9.17) is 10.5 Å². The zero-order valence-electron chi connectivity index (χ0n) is 10.1. The smallest absolute Gasteiger partial charge is 0.145 e. The van der Waals surface area contributed by atoms with Crippen molar-refractivity contribution in [2.75, 3.05) is 24.5 Å². The monoisotopic (exact) mass is 348 g/mol. The Labute approximate surface area is 115 Å². The van der Waals surface area contributed by atoms with Crippen LogP contribution >= 0.6 is 22.6 Å². The van der Waals surface area contributed by atoms with Crippen molar-refractivity contribution in [2.24, 2.45) is 5.73 Å². The zero-order valence-corrected chi connectivity index (χ0v) is 12.2. The van der Waals surface area contributed by atoms with Gasteiger partial charge in [-0.3, -0.25) is 0 Å². The van der Waals surface area contributed by atoms with E-state index in [1.165, 1.54) is 0 Å². The van der Waals surface area contributed by atoms with Crippen molar-refractivity contribution in [3.05, 3.63) is 16.1 Å². The molecule has 1 atom stereocenters. The highest BCUT2D eigenvalue weighted by molar-refractivity contribution is 14.1. The minimum absolute atomic E-state index is 0.0597. The molecule has 1 unspecified atom stereocenters. The van der Waals surface area contributed by atoms with Gasteiger partial charge in [0.1, 0.15) is 12.1 Å². The fourth-order valence-corrected chi connectivity index (χ4v) is 2.76. The molecule has 2 heterocycles. The second kappa shape index (κ2) is 5.03. The highest BCUT2D eigenvalue weighted by Gasteiger charge is 2.33. The molecule has 1 fully saturated rings. The third-order valence-corrected chi connectivity index (χ3v) is 3.45. The van der Waals surface area contributed by atoms with Crippen molar-refractivity contribution in [3.63, 3.8) is 0 Å². The average molecular weight is 348 g/mol. The number of morpholine rings is 1. The predicted molar refractivity (Wildman–Crippen MR) is 75.0 cm³/mol. The molecular weight excluding hydrogens is 331 g/mol. The maximum atomic E-state index is 5.90. The summed E-state index contributed by atoms with van der Waals surface area (Å²) in [6.45, 7) is 6.29. The number of hydrogen-bond acceptors (Lipinski definition) is 5. The van der Waals surface area contributed by atoms with Gasteiger partial charge in [-0.15, -0.1) is 0 Å². The molecule has 94 valence electrons. The van der Waals surface area contributed by atoms with Crippen molar-refractivity contribution >= 4 is 28.4 Å². The molecule has 0 bridgehead atoms. The summed E-state index contributed by atoms with van der Waals surface area (Å²) in [5.74, 6) is 0.968. The van der Waals surface area contributed by atoms with Crippen LogP contribution in [0.1, 0.15) is 13.8 Å². The van der Waals surface area contributed by atoms with Gasteiger partial charge in [0, 0.05) is 25.8 Å². The first kappa shape index (κ1) is 13.0. The Morgan fingerprint density at radius 3 is 3.06 bits per heavy atom. The van der Waals surface area contributed by atoms with Crippen LogP contribution in [0.4, 0.5) is 5.82 Å². The van der Waals surface area contributed by atoms with E-state index in [0.717, 1.165) is 22.5 Å². The lowest BCUT2D eigenvalue weighted by Crippen LogP contribution is -2.55. The Hall–Kier alpha value is -0.470. The van der Waals surface area contributed by atoms with E-state index in [-0.39, 0.29) is 11.7 Å². The van der Waals surface area contributed by atoms with Gasteiger partial charge in [0.2, 0.25) is 0 Å². The molecule has 5 nitrogen and oxygen atoms in total. The van der Waals surface area contributed by atoms with E-state index in [9.17, 15) is 0 Å². The number of rotatable bonds is 2. The maximum absolute atomic E-state index is 5.90. The van der Waals surface area contributed by atoms with Crippen LogP contribution in [-0.4, -0.2) is 41.3 Å². The van der Waals surface area contributed by atoms with Gasteiger partial charge in [0.25, 0.3) is 0 Å². The molecule has 1 aliphatic rings. The number of aromatic nitrogens is 2. The second-order valence-corrected chi connectivity index (χ2v) is 5.97. The topological polar surface area (TPSA) is 64.3 Å². The van der Waals surface area contributed by atoms with Gasteiger partial charge in [-0.05, 0) is 36.4 Å². The Bertz CT molecular complexity index is 399. The van der Waals surface area contributed by atoms with Crippen LogP contribution in [0.2, 0.25) is 0 Å². The number of hydrogen-bond donors (Lipinski definition) is 1. The van der Waals surface area contributed by atoms with Crippen molar-refractivity contribution in [1.82, 2.24) is 9.97 Å². The lowest BCUT2D eigenvalue weighted by molar-refractivity contribution is -0.0790. The summed E-state index contributed by atoms with van der Waals surface area (Å²) in [5, 5.41) is 0. The summed E-state index contributed by atoms with van der Waals surface area (Å²) < 4.78 is 6.96. The lowest BCUT2D eigenvalue weighted by atomic mass is 10.1. The van der Waals surface area contributed by atoms with E-state index in [0.29, 0.717) is 6.54 Å². The van der Waals surface area contributed by atoms with Crippen molar-refractivity contribution in [1.29, 1.82) is 0 Å². The molecule has 1 saturated heterocycles. The number of nitrogens with two attached hydrogens (primary N) is 1. The van der Waals surface area contributed by atoms with Gasteiger partial charge in [-0.1, -0.05) is 0 Å². The summed E-state index contributed by atoms with van der Waals surface area (Å²) >= 11 is 2.25. The van der Waals surface area contributed by atoms with Crippen LogP contribution < -0.4 is 10.6 Å². The maximum Gasteiger partial charge on any atom is 0.145 e. The molecule has 0 radical (unpaired) electrons. The van der Waals surface area contributed by atoms with E-state index in [1.807, 2.05) is 6.20 Å². The highest BCUT2D eigenvalue weighted by Crippen LogP contribution is 2.26. The first-order valence-electron chi connectivity index (χ1n) is 5.60. The van der Waals surface area contributed by atoms with Gasteiger partial charge >= 0.3 is 0 Å². The summed E-state index contributed by atoms with van der Waals surface area (Å²) in [5.41, 5.74) is 5.52. The van der Waals surface area contributed by atoms with Crippen LogP contribution in [0.15, 0.2) is 12.5 Å². The fraction of sp³-hybridized carbons (Fsp3) is 0.636. The summed E-state index contributed by atoms with van der Waals surface area (Å²) in [6.07, 6.45) is 3.46. The molecule has 0 aromatic carbocycles. The van der Waals surface area contributed by atoms with Gasteiger partial charge in [-0.25, -0.2) is 9.97 Å². The summed E-state index contributed by atoms with van der Waals surface area (Å²) in [6, 6.07) is 0. The van der Waals surface area contributed by atoms with E-state index >= 15 is 0 Å². The number of ether oxygens (including phenoxy) is 1. The Morgan fingerprint density at radius 1 is 1.65 bits per heavy atom. The average Bonchev–Trinajstić information content (AvgIpc) is 2.27. The molecule has 17 heavy (non-hydrogen) atoms. The molecular formula is C11H17IN4O. The molecule has 6 heteroatoms. The Kier molecular flexibility index (Phi) is 3.84. The van der Waals surface area contributed by atoms with Gasteiger partial charge in [-0.2, -0.15) is 0 Å². The van der Waals surface area contributed by atoms with Crippen LogP contribution in [0.5, 0.6) is 0 Å². The Morgan fingerprint density at radius 2 is 2.41 bits per heavy atom. The molecule has 0 amide bonds. The van der Waals surface area contributed by atoms with E-state index in [1.54, 1.807) is 6.33 Å². The molecule has 2 rings (SSSR count). The van der Waals surface area contributed by atoms with Gasteiger partial charge < -0.3 is 15.4 Å². The normalized spacial score (nSPS) is 23.8.